The number of carbonyl (C=O) groups is 1. The Morgan fingerprint density at radius 1 is 1.32 bits per heavy atom. The lowest BCUT2D eigenvalue weighted by molar-refractivity contribution is -0.115. The van der Waals surface area contributed by atoms with Crippen LogP contribution in [0.1, 0.15) is 11.7 Å². The Morgan fingerprint density at radius 2 is 2.14 bits per heavy atom. The molecule has 0 radical (unpaired) electrons. The number of nitrogens with zero attached hydrogens (tertiary/aromatic N) is 5. The van der Waals surface area contributed by atoms with E-state index in [1.165, 1.54) is 12.7 Å². The predicted octanol–water partition coefficient (Wildman–Crippen LogP) is 1.54. The normalized spacial score (nSPS) is 10.6. The molecular weight excluding hydrogens is 308 g/mol. The molecule has 0 aliphatic rings. The third-order valence-corrected chi connectivity index (χ3v) is 2.97. The fourth-order valence-corrected chi connectivity index (χ4v) is 1.89. The summed E-state index contributed by atoms with van der Waals surface area (Å²) in [6.07, 6.45) is 2.97. The molecule has 9 heteroatoms. The average Bonchev–Trinajstić information content (AvgIpc) is 3.14. The van der Waals surface area contributed by atoms with Gasteiger partial charge in [0.15, 0.2) is 5.82 Å². The number of anilines is 1. The van der Waals surface area contributed by atoms with E-state index in [4.69, 9.17) is 16.1 Å². The van der Waals surface area contributed by atoms with E-state index in [1.54, 1.807) is 28.9 Å². The van der Waals surface area contributed by atoms with Crippen LogP contribution in [-0.2, 0) is 17.8 Å². The summed E-state index contributed by atoms with van der Waals surface area (Å²) in [6.45, 7) is 0.311. The van der Waals surface area contributed by atoms with Crippen LogP contribution in [0.15, 0.2) is 41.4 Å². The number of rotatable bonds is 5. The molecule has 3 aromatic rings. The highest BCUT2D eigenvalue weighted by Crippen LogP contribution is 2.13. The predicted molar refractivity (Wildman–Crippen MR) is 77.2 cm³/mol. The van der Waals surface area contributed by atoms with Gasteiger partial charge in [-0.25, -0.2) is 9.67 Å². The third-order valence-electron chi connectivity index (χ3n) is 2.72. The molecule has 1 amide bonds. The Kier molecular flexibility index (Phi) is 4.10. The van der Waals surface area contributed by atoms with Gasteiger partial charge >= 0.3 is 0 Å². The van der Waals surface area contributed by atoms with Crippen molar-refractivity contribution in [3.05, 3.63) is 53.7 Å². The third kappa shape index (κ3) is 3.67. The van der Waals surface area contributed by atoms with Crippen molar-refractivity contribution in [2.45, 2.75) is 13.0 Å². The van der Waals surface area contributed by atoms with E-state index in [9.17, 15) is 4.79 Å². The van der Waals surface area contributed by atoms with Crippen molar-refractivity contribution < 1.29 is 9.32 Å². The summed E-state index contributed by atoms with van der Waals surface area (Å²) in [5.74, 6) is 0.428. The molecule has 0 atom stereocenters. The lowest BCUT2D eigenvalue weighted by Crippen LogP contribution is -2.15. The van der Waals surface area contributed by atoms with Crippen LogP contribution in [0.4, 0.5) is 5.69 Å². The molecule has 22 heavy (non-hydrogen) atoms. The number of carbonyl (C=O) groups excluding carboxylic acids is 1. The van der Waals surface area contributed by atoms with Gasteiger partial charge in [-0.3, -0.25) is 4.79 Å². The zero-order chi connectivity index (χ0) is 15.4. The number of hydrogen-bond donors (Lipinski definition) is 1. The first kappa shape index (κ1) is 14.2. The molecule has 3 rings (SSSR count). The fraction of sp³-hybridized carbons (Fsp3) is 0.154. The molecule has 0 saturated heterocycles. The second-order valence-electron chi connectivity index (χ2n) is 4.43. The second kappa shape index (κ2) is 6.35. The summed E-state index contributed by atoms with van der Waals surface area (Å²) in [7, 11) is 0. The molecule has 2 aromatic heterocycles. The number of hydrogen-bond acceptors (Lipinski definition) is 6. The number of nitrogens with one attached hydrogen (secondary N) is 1. The zero-order valence-corrected chi connectivity index (χ0v) is 12.1. The van der Waals surface area contributed by atoms with E-state index in [1.807, 2.05) is 0 Å². The minimum absolute atomic E-state index is 0.0173. The number of amides is 1. The molecule has 2 heterocycles. The van der Waals surface area contributed by atoms with Gasteiger partial charge in [0.25, 0.3) is 0 Å². The lowest BCUT2D eigenvalue weighted by atomic mass is 10.3. The summed E-state index contributed by atoms with van der Waals surface area (Å²) in [6, 6.07) is 6.82. The Bertz CT molecular complexity index is 753. The van der Waals surface area contributed by atoms with Crippen molar-refractivity contribution in [3.8, 4) is 0 Å². The van der Waals surface area contributed by atoms with Crippen molar-refractivity contribution in [1.29, 1.82) is 0 Å². The topological polar surface area (TPSA) is 98.7 Å². The second-order valence-corrected chi connectivity index (χ2v) is 4.87. The van der Waals surface area contributed by atoms with E-state index in [2.05, 4.69) is 25.5 Å². The highest BCUT2D eigenvalue weighted by atomic mass is 35.5. The summed E-state index contributed by atoms with van der Waals surface area (Å²) in [4.78, 5) is 19.8. The first-order valence-electron chi connectivity index (χ1n) is 6.38. The Labute approximate surface area is 130 Å². The van der Waals surface area contributed by atoms with E-state index in [-0.39, 0.29) is 12.3 Å². The van der Waals surface area contributed by atoms with Gasteiger partial charge in [0.1, 0.15) is 19.2 Å². The highest BCUT2D eigenvalue weighted by molar-refractivity contribution is 6.30. The first-order chi connectivity index (χ1) is 10.7. The monoisotopic (exact) mass is 318 g/mol. The van der Waals surface area contributed by atoms with Crippen LogP contribution in [0.5, 0.6) is 0 Å². The standard InChI is InChI=1S/C13H11ClN6O2/c14-9-1-3-10(4-2-9)17-12(21)5-11-18-13(22-19-11)6-20-8-15-7-16-20/h1-4,7-8H,5-6H2,(H,17,21). The zero-order valence-electron chi connectivity index (χ0n) is 11.3. The van der Waals surface area contributed by atoms with E-state index in [0.717, 1.165) is 0 Å². The van der Waals surface area contributed by atoms with Gasteiger partial charge in [-0.2, -0.15) is 10.1 Å². The molecule has 0 aliphatic heterocycles. The Morgan fingerprint density at radius 3 is 2.86 bits per heavy atom. The molecule has 1 N–H and O–H groups in total. The summed E-state index contributed by atoms with van der Waals surface area (Å²) in [5.41, 5.74) is 0.653. The van der Waals surface area contributed by atoms with E-state index < -0.39 is 0 Å². The first-order valence-corrected chi connectivity index (χ1v) is 6.76. The molecule has 0 aliphatic carbocycles. The molecule has 8 nitrogen and oxygen atoms in total. The van der Waals surface area contributed by atoms with Gasteiger partial charge in [-0.15, -0.1) is 0 Å². The maximum Gasteiger partial charge on any atom is 0.248 e. The highest BCUT2D eigenvalue weighted by Gasteiger charge is 2.12. The molecule has 1 aromatic carbocycles. The van der Waals surface area contributed by atoms with Crippen molar-refractivity contribution in [2.75, 3.05) is 5.32 Å². The lowest BCUT2D eigenvalue weighted by Gasteiger charge is -2.02. The van der Waals surface area contributed by atoms with Gasteiger partial charge in [-0.1, -0.05) is 16.8 Å². The number of halogens is 1. The molecule has 112 valence electrons. The van der Waals surface area contributed by atoms with Crippen molar-refractivity contribution >= 4 is 23.2 Å². The van der Waals surface area contributed by atoms with Crippen LogP contribution in [0, 0.1) is 0 Å². The molecule has 0 spiro atoms. The molecule has 0 fully saturated rings. The minimum atomic E-state index is -0.240. The van der Waals surface area contributed by atoms with Crippen LogP contribution < -0.4 is 5.32 Å². The van der Waals surface area contributed by atoms with Crippen LogP contribution in [-0.4, -0.2) is 30.8 Å². The van der Waals surface area contributed by atoms with Gasteiger partial charge in [0, 0.05) is 10.7 Å². The van der Waals surface area contributed by atoms with Gasteiger partial charge in [0.2, 0.25) is 11.8 Å². The molecule has 0 unspecified atom stereocenters. The van der Waals surface area contributed by atoms with Crippen molar-refractivity contribution in [1.82, 2.24) is 24.9 Å². The van der Waals surface area contributed by atoms with Crippen LogP contribution in [0.2, 0.25) is 5.02 Å². The average molecular weight is 319 g/mol. The summed E-state index contributed by atoms with van der Waals surface area (Å²) in [5, 5.41) is 11.0. The minimum Gasteiger partial charge on any atom is -0.337 e. The Hall–Kier alpha value is -2.74. The fourth-order valence-electron chi connectivity index (χ4n) is 1.76. The smallest absolute Gasteiger partial charge is 0.248 e. The van der Waals surface area contributed by atoms with Crippen LogP contribution in [0.3, 0.4) is 0 Å². The molecule has 0 bridgehead atoms. The molecular formula is C13H11ClN6O2. The van der Waals surface area contributed by atoms with Crippen LogP contribution >= 0.6 is 11.6 Å². The van der Waals surface area contributed by atoms with Crippen molar-refractivity contribution in [3.63, 3.8) is 0 Å². The maximum atomic E-state index is 11.9. The summed E-state index contributed by atoms with van der Waals surface area (Å²) >= 11 is 5.78. The van der Waals surface area contributed by atoms with Crippen molar-refractivity contribution in [2.24, 2.45) is 0 Å². The van der Waals surface area contributed by atoms with Gasteiger partial charge in [-0.05, 0) is 24.3 Å². The summed E-state index contributed by atoms with van der Waals surface area (Å²) < 4.78 is 6.60. The van der Waals surface area contributed by atoms with E-state index in [0.29, 0.717) is 29.0 Å². The number of aromatic nitrogens is 5. The quantitative estimate of drug-likeness (QED) is 0.766. The molecule has 0 saturated carbocycles. The van der Waals surface area contributed by atoms with Gasteiger partial charge in [0.05, 0.1) is 6.42 Å². The Balaban J connectivity index is 1.57. The SMILES string of the molecule is O=C(Cc1noc(Cn2cncn2)n1)Nc1ccc(Cl)cc1. The number of benzene rings is 1. The maximum absolute atomic E-state index is 11.9. The van der Waals surface area contributed by atoms with Crippen LogP contribution in [0.25, 0.3) is 0 Å². The van der Waals surface area contributed by atoms with E-state index >= 15 is 0 Å². The van der Waals surface area contributed by atoms with Gasteiger partial charge < -0.3 is 9.84 Å². The largest absolute Gasteiger partial charge is 0.337 e.